The Labute approximate surface area is 149 Å². The number of rotatable bonds is 3. The predicted octanol–water partition coefficient (Wildman–Crippen LogP) is 2.12. The molecule has 0 N–H and O–H groups in total. The molecule has 1 aromatic carbocycles. The molecule has 3 heterocycles. The first-order chi connectivity index (χ1) is 12.3. The summed E-state index contributed by atoms with van der Waals surface area (Å²) < 4.78 is 11.2. The van der Waals surface area contributed by atoms with Gasteiger partial charge in [-0.2, -0.15) is 0 Å². The largest absolute Gasteiger partial charge is 0.493 e. The molecule has 5 heteroatoms. The van der Waals surface area contributed by atoms with Gasteiger partial charge in [0.2, 0.25) is 5.91 Å². The van der Waals surface area contributed by atoms with E-state index in [1.54, 1.807) is 0 Å². The second kappa shape index (κ2) is 7.34. The number of benzene rings is 1. The summed E-state index contributed by atoms with van der Waals surface area (Å²) in [6, 6.07) is 8.48. The molecule has 0 radical (unpaired) electrons. The van der Waals surface area contributed by atoms with Crippen molar-refractivity contribution >= 4 is 5.91 Å². The Balaban J connectivity index is 1.49. The van der Waals surface area contributed by atoms with Gasteiger partial charge in [-0.1, -0.05) is 31.5 Å². The molecule has 5 nitrogen and oxygen atoms in total. The lowest BCUT2D eigenvalue weighted by Gasteiger charge is -2.34. The number of likely N-dealkylation sites (tertiary alicyclic amines) is 1. The highest BCUT2D eigenvalue weighted by Gasteiger charge is 2.41. The highest BCUT2D eigenvalue weighted by molar-refractivity contribution is 5.85. The molecule has 0 bridgehead atoms. The molecule has 25 heavy (non-hydrogen) atoms. The minimum absolute atomic E-state index is 0.0501. The summed E-state index contributed by atoms with van der Waals surface area (Å²) in [5.74, 6) is 1.68. The fourth-order valence-corrected chi connectivity index (χ4v) is 4.58. The van der Waals surface area contributed by atoms with Crippen molar-refractivity contribution in [3.63, 3.8) is 0 Å². The number of carbonyl (C=O) groups excluding carboxylic acids is 1. The van der Waals surface area contributed by atoms with Crippen molar-refractivity contribution in [1.82, 2.24) is 9.80 Å². The van der Waals surface area contributed by atoms with Crippen molar-refractivity contribution < 1.29 is 14.3 Å². The van der Waals surface area contributed by atoms with Crippen LogP contribution in [0.1, 0.15) is 31.2 Å². The Hall–Kier alpha value is -1.59. The monoisotopic (exact) mass is 344 g/mol. The Morgan fingerprint density at radius 2 is 1.96 bits per heavy atom. The van der Waals surface area contributed by atoms with Crippen LogP contribution in [0.4, 0.5) is 0 Å². The number of morpholine rings is 1. The summed E-state index contributed by atoms with van der Waals surface area (Å²) in [7, 11) is 0. The Bertz CT molecular complexity index is 615. The molecule has 2 saturated heterocycles. The van der Waals surface area contributed by atoms with Crippen LogP contribution in [0, 0.1) is 5.92 Å². The number of ether oxygens (including phenoxy) is 2. The summed E-state index contributed by atoms with van der Waals surface area (Å²) in [4.78, 5) is 17.9. The first-order valence-corrected chi connectivity index (χ1v) is 9.60. The predicted molar refractivity (Wildman–Crippen MR) is 95.8 cm³/mol. The van der Waals surface area contributed by atoms with Gasteiger partial charge in [-0.25, -0.2) is 0 Å². The molecule has 3 atom stereocenters. The maximum absolute atomic E-state index is 13.3. The normalized spacial score (nSPS) is 30.0. The number of carbonyl (C=O) groups is 1. The lowest BCUT2D eigenvalue weighted by atomic mass is 9.92. The quantitative estimate of drug-likeness (QED) is 0.842. The second-order valence-corrected chi connectivity index (χ2v) is 7.35. The van der Waals surface area contributed by atoms with Crippen molar-refractivity contribution in [3.8, 4) is 5.75 Å². The van der Waals surface area contributed by atoms with Gasteiger partial charge in [0.1, 0.15) is 5.75 Å². The van der Waals surface area contributed by atoms with Crippen LogP contribution >= 0.6 is 0 Å². The molecule has 0 aromatic heterocycles. The van der Waals surface area contributed by atoms with Crippen molar-refractivity contribution in [2.24, 2.45) is 5.92 Å². The zero-order valence-electron chi connectivity index (χ0n) is 15.0. The lowest BCUT2D eigenvalue weighted by Crippen LogP contribution is -2.47. The van der Waals surface area contributed by atoms with E-state index in [0.717, 1.165) is 63.5 Å². The van der Waals surface area contributed by atoms with Crippen LogP contribution < -0.4 is 4.74 Å². The van der Waals surface area contributed by atoms with E-state index in [9.17, 15) is 4.79 Å². The second-order valence-electron chi connectivity index (χ2n) is 7.35. The molecule has 2 fully saturated rings. The summed E-state index contributed by atoms with van der Waals surface area (Å²) in [5, 5.41) is 0. The smallest absolute Gasteiger partial charge is 0.230 e. The van der Waals surface area contributed by atoms with E-state index >= 15 is 0 Å². The van der Waals surface area contributed by atoms with Crippen molar-refractivity contribution in [2.75, 3.05) is 46.0 Å². The molecule has 3 aliphatic rings. The molecule has 0 spiro atoms. The van der Waals surface area contributed by atoms with Crippen LogP contribution in [0.2, 0.25) is 0 Å². The van der Waals surface area contributed by atoms with Gasteiger partial charge in [0.25, 0.3) is 0 Å². The minimum Gasteiger partial charge on any atom is -0.493 e. The number of hydrogen-bond donors (Lipinski definition) is 0. The minimum atomic E-state index is -0.0501. The van der Waals surface area contributed by atoms with Crippen molar-refractivity contribution in [3.05, 3.63) is 29.8 Å². The molecule has 0 aliphatic carbocycles. The molecule has 4 rings (SSSR count). The number of para-hydroxylation sites is 1. The number of amides is 1. The van der Waals surface area contributed by atoms with Crippen LogP contribution in [0.3, 0.4) is 0 Å². The summed E-state index contributed by atoms with van der Waals surface area (Å²) in [6.07, 6.45) is 1.90. The fraction of sp³-hybridized carbons (Fsp3) is 0.650. The van der Waals surface area contributed by atoms with Gasteiger partial charge in [0.15, 0.2) is 0 Å². The third-order valence-corrected chi connectivity index (χ3v) is 6.01. The average Bonchev–Trinajstić information content (AvgIpc) is 3.12. The highest BCUT2D eigenvalue weighted by Crippen LogP contribution is 2.36. The van der Waals surface area contributed by atoms with Gasteiger partial charge in [-0.3, -0.25) is 9.69 Å². The van der Waals surface area contributed by atoms with Gasteiger partial charge in [0, 0.05) is 37.8 Å². The number of fused-ring (bicyclic) bond motifs is 1. The topological polar surface area (TPSA) is 42.0 Å². The Kier molecular flexibility index (Phi) is 4.95. The summed E-state index contributed by atoms with van der Waals surface area (Å²) in [6.45, 7) is 8.23. The van der Waals surface area contributed by atoms with Crippen LogP contribution in [0.5, 0.6) is 5.75 Å². The van der Waals surface area contributed by atoms with Gasteiger partial charge < -0.3 is 14.4 Å². The van der Waals surface area contributed by atoms with Crippen LogP contribution in [-0.4, -0.2) is 67.7 Å². The van der Waals surface area contributed by atoms with Crippen molar-refractivity contribution in [1.29, 1.82) is 0 Å². The summed E-state index contributed by atoms with van der Waals surface area (Å²) in [5.41, 5.74) is 1.06. The maximum atomic E-state index is 13.3. The van der Waals surface area contributed by atoms with Gasteiger partial charge in [0.05, 0.1) is 25.7 Å². The zero-order valence-corrected chi connectivity index (χ0v) is 15.0. The van der Waals surface area contributed by atoms with Crippen LogP contribution in [0.15, 0.2) is 24.3 Å². The molecule has 0 saturated carbocycles. The zero-order chi connectivity index (χ0) is 17.2. The summed E-state index contributed by atoms with van der Waals surface area (Å²) >= 11 is 0. The first kappa shape index (κ1) is 16.9. The van der Waals surface area contributed by atoms with E-state index in [2.05, 4.69) is 16.7 Å². The average molecular weight is 344 g/mol. The van der Waals surface area contributed by atoms with E-state index in [4.69, 9.17) is 9.47 Å². The van der Waals surface area contributed by atoms with Crippen LogP contribution in [-0.2, 0) is 9.53 Å². The van der Waals surface area contributed by atoms with E-state index < -0.39 is 0 Å². The van der Waals surface area contributed by atoms with Gasteiger partial charge >= 0.3 is 0 Å². The SMILES string of the molecule is CC[C@@H]1CN(C(=O)[C@@H]2CCOc3ccccc32)C[C@@H]1N1CCOCC1. The lowest BCUT2D eigenvalue weighted by molar-refractivity contribution is -0.132. The Morgan fingerprint density at radius 1 is 1.16 bits per heavy atom. The standard InChI is InChI=1S/C20H28N2O3/c1-2-15-13-22(14-18(15)21-8-11-24-12-9-21)20(23)17-7-10-25-19-6-4-3-5-16(17)19/h3-6,15,17-18H,2,7-14H2,1H3/t15-,17-,18+/m1/s1. The molecular weight excluding hydrogens is 316 g/mol. The van der Waals surface area contributed by atoms with E-state index in [1.165, 1.54) is 0 Å². The van der Waals surface area contributed by atoms with Crippen molar-refractivity contribution in [2.45, 2.75) is 31.7 Å². The fourth-order valence-electron chi connectivity index (χ4n) is 4.58. The molecular formula is C20H28N2O3. The molecule has 1 amide bonds. The first-order valence-electron chi connectivity index (χ1n) is 9.60. The number of hydrogen-bond acceptors (Lipinski definition) is 4. The third kappa shape index (κ3) is 3.27. The molecule has 3 aliphatic heterocycles. The van der Waals surface area contributed by atoms with E-state index in [-0.39, 0.29) is 11.8 Å². The van der Waals surface area contributed by atoms with Gasteiger partial charge in [-0.05, 0) is 18.4 Å². The maximum Gasteiger partial charge on any atom is 0.230 e. The van der Waals surface area contributed by atoms with E-state index in [1.807, 2.05) is 24.3 Å². The third-order valence-electron chi connectivity index (χ3n) is 6.01. The molecule has 136 valence electrons. The molecule has 1 aromatic rings. The number of nitrogens with zero attached hydrogens (tertiary/aromatic N) is 2. The highest BCUT2D eigenvalue weighted by atomic mass is 16.5. The van der Waals surface area contributed by atoms with Gasteiger partial charge in [-0.15, -0.1) is 0 Å². The van der Waals surface area contributed by atoms with Crippen LogP contribution in [0.25, 0.3) is 0 Å². The Morgan fingerprint density at radius 3 is 2.76 bits per heavy atom. The molecule has 0 unspecified atom stereocenters. The van der Waals surface area contributed by atoms with E-state index in [0.29, 0.717) is 18.6 Å².